The van der Waals surface area contributed by atoms with E-state index in [2.05, 4.69) is 21.9 Å². The van der Waals surface area contributed by atoms with Gasteiger partial charge in [0.1, 0.15) is 11.6 Å². The number of hydrogen-bond donors (Lipinski definition) is 1. The van der Waals surface area contributed by atoms with Crippen molar-refractivity contribution < 1.29 is 14.6 Å². The Labute approximate surface area is 184 Å². The minimum Gasteiger partial charge on any atom is -0.497 e. The minimum atomic E-state index is -0.524. The van der Waals surface area contributed by atoms with Gasteiger partial charge in [0.05, 0.1) is 25.5 Å². The summed E-state index contributed by atoms with van der Waals surface area (Å²) < 4.78 is 10.5. The molecule has 2 aliphatic heterocycles. The third-order valence-corrected chi connectivity index (χ3v) is 6.00. The number of anilines is 1. The van der Waals surface area contributed by atoms with Crippen molar-refractivity contribution in [2.45, 2.75) is 32.0 Å². The quantitative estimate of drug-likeness (QED) is 0.698. The molecule has 0 bridgehead atoms. The molecule has 0 radical (unpaired) electrons. The van der Waals surface area contributed by atoms with E-state index in [1.807, 2.05) is 24.3 Å². The Bertz CT molecular complexity index is 894. The van der Waals surface area contributed by atoms with Gasteiger partial charge in [0.25, 0.3) is 0 Å². The number of rotatable bonds is 8. The van der Waals surface area contributed by atoms with Crippen LogP contribution in [0.5, 0.6) is 5.75 Å². The number of β-amino-alcohol motifs (C(OH)–C–C–N with tert-alkyl or cyclic N) is 1. The number of benzene rings is 1. The maximum absolute atomic E-state index is 10.6. The van der Waals surface area contributed by atoms with E-state index in [0.29, 0.717) is 13.2 Å². The second kappa shape index (κ2) is 10.2. The maximum Gasteiger partial charge on any atom is 0.157 e. The zero-order valence-electron chi connectivity index (χ0n) is 18.5. The summed E-state index contributed by atoms with van der Waals surface area (Å²) in [5, 5.41) is 10.6. The first-order chi connectivity index (χ1) is 15.2. The maximum atomic E-state index is 10.6. The SMILES string of the molecule is COCc1cc(N2CCCC2)nc(C2=CCN(CC(O)c3ccc(OC)cc3)CC2)n1. The number of aromatic nitrogens is 2. The fourth-order valence-corrected chi connectivity index (χ4v) is 4.21. The Morgan fingerprint density at radius 1 is 1.06 bits per heavy atom. The number of aliphatic hydroxyl groups excluding tert-OH is 1. The first-order valence-electron chi connectivity index (χ1n) is 11.0. The van der Waals surface area contributed by atoms with Crippen molar-refractivity contribution in [1.82, 2.24) is 14.9 Å². The van der Waals surface area contributed by atoms with E-state index in [-0.39, 0.29) is 0 Å². The van der Waals surface area contributed by atoms with Crippen LogP contribution in [0.15, 0.2) is 36.4 Å². The molecule has 7 heteroatoms. The van der Waals surface area contributed by atoms with Crippen molar-refractivity contribution in [2.24, 2.45) is 0 Å². The molecule has 0 amide bonds. The van der Waals surface area contributed by atoms with Crippen LogP contribution in [-0.4, -0.2) is 66.9 Å². The van der Waals surface area contributed by atoms with Gasteiger partial charge in [-0.15, -0.1) is 0 Å². The van der Waals surface area contributed by atoms with Crippen molar-refractivity contribution in [2.75, 3.05) is 51.8 Å². The van der Waals surface area contributed by atoms with Gasteiger partial charge in [-0.25, -0.2) is 9.97 Å². The average molecular weight is 425 g/mol. The van der Waals surface area contributed by atoms with E-state index in [4.69, 9.17) is 19.4 Å². The molecule has 2 aromatic rings. The van der Waals surface area contributed by atoms with Crippen LogP contribution in [0.1, 0.15) is 42.4 Å². The van der Waals surface area contributed by atoms with Gasteiger partial charge in [0.15, 0.2) is 5.82 Å². The summed E-state index contributed by atoms with van der Waals surface area (Å²) in [6.45, 7) is 4.84. The zero-order chi connectivity index (χ0) is 21.6. The van der Waals surface area contributed by atoms with Gasteiger partial charge in [0.2, 0.25) is 0 Å². The van der Waals surface area contributed by atoms with E-state index in [1.165, 1.54) is 18.4 Å². The summed E-state index contributed by atoms with van der Waals surface area (Å²) in [4.78, 5) is 14.2. The Morgan fingerprint density at radius 3 is 2.48 bits per heavy atom. The monoisotopic (exact) mass is 424 g/mol. The molecule has 1 aromatic carbocycles. The first-order valence-corrected chi connectivity index (χ1v) is 11.0. The molecule has 0 spiro atoms. The molecular weight excluding hydrogens is 392 g/mol. The van der Waals surface area contributed by atoms with E-state index in [1.54, 1.807) is 14.2 Å². The third kappa shape index (κ3) is 5.42. The van der Waals surface area contributed by atoms with Crippen LogP contribution >= 0.6 is 0 Å². The number of methoxy groups -OCH3 is 2. The highest BCUT2D eigenvalue weighted by Gasteiger charge is 2.21. The van der Waals surface area contributed by atoms with Gasteiger partial charge in [0, 0.05) is 45.9 Å². The highest BCUT2D eigenvalue weighted by atomic mass is 16.5. The summed E-state index contributed by atoms with van der Waals surface area (Å²) in [7, 11) is 3.34. The summed E-state index contributed by atoms with van der Waals surface area (Å²) in [6.07, 6.45) is 4.97. The lowest BCUT2D eigenvalue weighted by atomic mass is 10.0. The average Bonchev–Trinajstić information content (AvgIpc) is 3.35. The van der Waals surface area contributed by atoms with Gasteiger partial charge >= 0.3 is 0 Å². The van der Waals surface area contributed by atoms with Gasteiger partial charge in [-0.1, -0.05) is 18.2 Å². The Hall–Kier alpha value is -2.48. The zero-order valence-corrected chi connectivity index (χ0v) is 18.5. The van der Waals surface area contributed by atoms with E-state index >= 15 is 0 Å². The predicted octanol–water partition coefficient (Wildman–Crippen LogP) is 3.05. The molecule has 1 N–H and O–H groups in total. The lowest BCUT2D eigenvalue weighted by molar-refractivity contribution is 0.119. The molecule has 4 rings (SSSR count). The summed E-state index contributed by atoms with van der Waals surface area (Å²) in [5.41, 5.74) is 3.00. The molecule has 7 nitrogen and oxygen atoms in total. The number of ether oxygens (including phenoxy) is 2. The lowest BCUT2D eigenvalue weighted by Crippen LogP contribution is -2.32. The minimum absolute atomic E-state index is 0.490. The molecule has 0 saturated carbocycles. The second-order valence-electron chi connectivity index (χ2n) is 8.20. The molecule has 0 aliphatic carbocycles. The molecule has 31 heavy (non-hydrogen) atoms. The topological polar surface area (TPSA) is 71.0 Å². The van der Waals surface area contributed by atoms with E-state index in [0.717, 1.165) is 61.2 Å². The summed E-state index contributed by atoms with van der Waals surface area (Å²) >= 11 is 0. The van der Waals surface area contributed by atoms with Crippen LogP contribution in [0.3, 0.4) is 0 Å². The standard InChI is InChI=1S/C24H32N4O3/c1-30-17-20-15-23(28-11-3-4-12-28)26-24(25-20)19-9-13-27(14-10-19)16-22(29)18-5-7-21(31-2)8-6-18/h5-9,15,22,29H,3-4,10-14,16-17H2,1-2H3. The number of nitrogens with zero attached hydrogens (tertiary/aromatic N) is 4. The van der Waals surface area contributed by atoms with Gasteiger partial charge in [-0.2, -0.15) is 0 Å². The summed E-state index contributed by atoms with van der Waals surface area (Å²) in [6, 6.07) is 9.66. The van der Waals surface area contributed by atoms with Crippen molar-refractivity contribution in [3.63, 3.8) is 0 Å². The second-order valence-corrected chi connectivity index (χ2v) is 8.20. The molecule has 1 unspecified atom stereocenters. The van der Waals surface area contributed by atoms with Crippen LogP contribution in [0, 0.1) is 0 Å². The van der Waals surface area contributed by atoms with Crippen molar-refractivity contribution in [1.29, 1.82) is 0 Å². The Kier molecular flexibility index (Phi) is 7.17. The van der Waals surface area contributed by atoms with Crippen LogP contribution in [0.2, 0.25) is 0 Å². The van der Waals surface area contributed by atoms with Crippen LogP contribution in [0.4, 0.5) is 5.82 Å². The normalized spacial score (nSPS) is 18.2. The van der Waals surface area contributed by atoms with E-state index < -0.39 is 6.10 Å². The van der Waals surface area contributed by atoms with Gasteiger partial charge in [-0.3, -0.25) is 4.90 Å². The molecule has 1 atom stereocenters. The van der Waals surface area contributed by atoms with Gasteiger partial charge in [-0.05, 0) is 42.5 Å². The Balaban J connectivity index is 1.43. The van der Waals surface area contributed by atoms with E-state index in [9.17, 15) is 5.11 Å². The molecule has 2 aliphatic rings. The number of hydrogen-bond acceptors (Lipinski definition) is 7. The fraction of sp³-hybridized carbons (Fsp3) is 0.500. The van der Waals surface area contributed by atoms with Crippen LogP contribution in [0.25, 0.3) is 5.57 Å². The molecule has 3 heterocycles. The van der Waals surface area contributed by atoms with Crippen LogP contribution < -0.4 is 9.64 Å². The molecule has 1 saturated heterocycles. The predicted molar refractivity (Wildman–Crippen MR) is 121 cm³/mol. The lowest BCUT2D eigenvalue weighted by Gasteiger charge is -2.28. The largest absolute Gasteiger partial charge is 0.497 e. The van der Waals surface area contributed by atoms with Crippen LogP contribution in [-0.2, 0) is 11.3 Å². The van der Waals surface area contributed by atoms with Gasteiger partial charge < -0.3 is 19.5 Å². The third-order valence-electron chi connectivity index (χ3n) is 6.00. The highest BCUT2D eigenvalue weighted by Crippen LogP contribution is 2.26. The van der Waals surface area contributed by atoms with Crippen molar-refractivity contribution in [3.8, 4) is 5.75 Å². The molecule has 1 fully saturated rings. The van der Waals surface area contributed by atoms with Crippen molar-refractivity contribution >= 4 is 11.4 Å². The highest BCUT2D eigenvalue weighted by molar-refractivity contribution is 5.62. The first kappa shape index (κ1) is 21.7. The smallest absolute Gasteiger partial charge is 0.157 e. The fourth-order valence-electron chi connectivity index (χ4n) is 4.21. The van der Waals surface area contributed by atoms with Crippen molar-refractivity contribution in [3.05, 3.63) is 53.5 Å². The molecular formula is C24H32N4O3. The number of aliphatic hydroxyl groups is 1. The molecule has 1 aromatic heterocycles. The summed E-state index contributed by atoms with van der Waals surface area (Å²) in [5.74, 6) is 2.62. The molecule has 166 valence electrons. The Morgan fingerprint density at radius 2 is 1.84 bits per heavy atom.